The summed E-state index contributed by atoms with van der Waals surface area (Å²) in [6.45, 7) is 0.338. The van der Waals surface area contributed by atoms with Gasteiger partial charge in [0.2, 0.25) is 11.8 Å². The summed E-state index contributed by atoms with van der Waals surface area (Å²) in [6.07, 6.45) is 0.887. The summed E-state index contributed by atoms with van der Waals surface area (Å²) in [5.41, 5.74) is 11.8. The van der Waals surface area contributed by atoms with Crippen LogP contribution < -0.4 is 27.4 Å². The average Bonchev–Trinajstić information content (AvgIpc) is 2.76. The van der Waals surface area contributed by atoms with Crippen LogP contribution in [0.15, 0.2) is 54.6 Å². The second kappa shape index (κ2) is 12.3. The smallest absolute Gasteiger partial charge is 0.253 e. The lowest BCUT2D eigenvalue weighted by molar-refractivity contribution is -0.128. The number of nitrogens with two attached hydrogens (primary N) is 2. The summed E-state index contributed by atoms with van der Waals surface area (Å²) in [4.78, 5) is 37.6. The van der Waals surface area contributed by atoms with Crippen molar-refractivity contribution in [2.45, 2.75) is 31.3 Å². The second-order valence-corrected chi connectivity index (χ2v) is 7.55. The molecule has 0 aliphatic heterocycles. The Labute approximate surface area is 191 Å². The van der Waals surface area contributed by atoms with Gasteiger partial charge in [-0.1, -0.05) is 54.1 Å². The number of nitrogens with one attached hydrogen (secondary N) is 4. The molecule has 0 heterocycles. The maximum Gasteiger partial charge on any atom is 0.253 e. The van der Waals surface area contributed by atoms with Gasteiger partial charge in [-0.15, -0.1) is 0 Å². The van der Waals surface area contributed by atoms with E-state index in [0.717, 1.165) is 5.56 Å². The van der Waals surface area contributed by atoms with E-state index in [1.807, 2.05) is 30.3 Å². The Hall–Kier alpha value is -3.59. The monoisotopic (exact) mass is 458 g/mol. The molecule has 0 saturated heterocycles. The molecule has 0 aliphatic rings. The van der Waals surface area contributed by atoms with Gasteiger partial charge in [0.15, 0.2) is 5.96 Å². The molecule has 0 bridgehead atoms. The molecule has 0 saturated carbocycles. The first-order chi connectivity index (χ1) is 15.3. The number of hydrogen-bond donors (Lipinski definition) is 6. The van der Waals surface area contributed by atoms with E-state index in [4.69, 9.17) is 28.5 Å². The summed E-state index contributed by atoms with van der Waals surface area (Å²) in [5.74, 6) is -1.94. The van der Waals surface area contributed by atoms with Crippen molar-refractivity contribution in [1.29, 1.82) is 5.41 Å². The number of primary amides is 1. The first-order valence-electron chi connectivity index (χ1n) is 10.0. The summed E-state index contributed by atoms with van der Waals surface area (Å²) < 4.78 is 0. The van der Waals surface area contributed by atoms with Gasteiger partial charge in [0, 0.05) is 13.0 Å². The van der Waals surface area contributed by atoms with Crippen molar-refractivity contribution in [3.8, 4) is 0 Å². The highest BCUT2D eigenvalue weighted by molar-refractivity contribution is 6.33. The molecule has 10 heteroatoms. The number of benzene rings is 2. The van der Waals surface area contributed by atoms with Crippen LogP contribution in [0.3, 0.4) is 0 Å². The fraction of sp³-hybridized carbons (Fsp3) is 0.273. The molecule has 0 radical (unpaired) electrons. The van der Waals surface area contributed by atoms with Crippen LogP contribution >= 0.6 is 11.6 Å². The van der Waals surface area contributed by atoms with E-state index < -0.39 is 29.8 Å². The molecule has 0 fully saturated rings. The van der Waals surface area contributed by atoms with Gasteiger partial charge in [-0.25, -0.2) is 0 Å². The zero-order chi connectivity index (χ0) is 23.5. The summed E-state index contributed by atoms with van der Waals surface area (Å²) in [5, 5.41) is 15.4. The highest BCUT2D eigenvalue weighted by atomic mass is 35.5. The lowest BCUT2D eigenvalue weighted by Gasteiger charge is -2.22. The Morgan fingerprint density at radius 2 is 1.59 bits per heavy atom. The van der Waals surface area contributed by atoms with Gasteiger partial charge in [0.05, 0.1) is 10.6 Å². The van der Waals surface area contributed by atoms with Crippen LogP contribution in [0.4, 0.5) is 0 Å². The lowest BCUT2D eigenvalue weighted by atomic mass is 10.0. The maximum absolute atomic E-state index is 13.0. The predicted octanol–water partition coefficient (Wildman–Crippen LogP) is 0.914. The fourth-order valence-corrected chi connectivity index (χ4v) is 3.25. The number of guanidine groups is 1. The third-order valence-corrected chi connectivity index (χ3v) is 5.00. The van der Waals surface area contributed by atoms with Gasteiger partial charge >= 0.3 is 0 Å². The molecule has 2 rings (SSSR count). The van der Waals surface area contributed by atoms with Crippen molar-refractivity contribution in [2.24, 2.45) is 11.5 Å². The minimum absolute atomic E-state index is 0.192. The zero-order valence-electron chi connectivity index (χ0n) is 17.4. The van der Waals surface area contributed by atoms with Crippen LogP contribution in [0.2, 0.25) is 5.02 Å². The highest BCUT2D eigenvalue weighted by Gasteiger charge is 2.26. The molecule has 2 atom stereocenters. The lowest BCUT2D eigenvalue weighted by Crippen LogP contribution is -2.53. The Morgan fingerprint density at radius 1 is 0.938 bits per heavy atom. The van der Waals surface area contributed by atoms with E-state index >= 15 is 0 Å². The molecule has 9 nitrogen and oxygen atoms in total. The van der Waals surface area contributed by atoms with Crippen LogP contribution in [-0.4, -0.2) is 42.3 Å². The molecule has 32 heavy (non-hydrogen) atoms. The van der Waals surface area contributed by atoms with E-state index in [1.54, 1.807) is 24.3 Å². The van der Waals surface area contributed by atoms with Gasteiger partial charge in [-0.2, -0.15) is 0 Å². The number of carbonyl (C=O) groups excluding carboxylic acids is 3. The van der Waals surface area contributed by atoms with E-state index in [0.29, 0.717) is 13.0 Å². The first-order valence-corrected chi connectivity index (χ1v) is 10.4. The predicted molar refractivity (Wildman–Crippen MR) is 123 cm³/mol. The number of rotatable bonds is 11. The molecule has 2 aromatic rings. The molecule has 0 aromatic heterocycles. The van der Waals surface area contributed by atoms with Crippen molar-refractivity contribution in [1.82, 2.24) is 16.0 Å². The summed E-state index contributed by atoms with van der Waals surface area (Å²) in [6, 6.07) is 13.7. The van der Waals surface area contributed by atoms with Gasteiger partial charge in [0.1, 0.15) is 12.1 Å². The Kier molecular flexibility index (Phi) is 9.49. The quantitative estimate of drug-likeness (QED) is 0.167. The summed E-state index contributed by atoms with van der Waals surface area (Å²) in [7, 11) is 0. The van der Waals surface area contributed by atoms with Crippen LogP contribution in [0, 0.1) is 5.41 Å². The van der Waals surface area contributed by atoms with Crippen LogP contribution in [-0.2, 0) is 16.0 Å². The Morgan fingerprint density at radius 3 is 2.22 bits per heavy atom. The molecule has 170 valence electrons. The average molecular weight is 459 g/mol. The van der Waals surface area contributed by atoms with Gasteiger partial charge in [0.25, 0.3) is 5.91 Å². The molecular formula is C22H27ClN6O3. The summed E-state index contributed by atoms with van der Waals surface area (Å²) >= 11 is 6.09. The van der Waals surface area contributed by atoms with Crippen molar-refractivity contribution in [2.75, 3.05) is 6.54 Å². The van der Waals surface area contributed by atoms with Crippen LogP contribution in [0.5, 0.6) is 0 Å². The van der Waals surface area contributed by atoms with E-state index in [2.05, 4.69) is 16.0 Å². The standard InChI is InChI=1S/C22H27ClN6O3/c23-16-10-5-4-9-15(16)20(31)28-17(11-6-12-27-22(25)26)21(32)29-18(19(24)30)13-14-7-2-1-3-8-14/h1-5,7-10,17-18H,6,11-13H2,(H2,24,30)(H,28,31)(H,29,32)(H4,25,26,27)/t17-,18?/m0/s1. The number of amides is 3. The number of carbonyl (C=O) groups is 3. The maximum atomic E-state index is 13.0. The van der Waals surface area contributed by atoms with Gasteiger partial charge in [-0.05, 0) is 30.5 Å². The largest absolute Gasteiger partial charge is 0.370 e. The van der Waals surface area contributed by atoms with E-state index in [9.17, 15) is 14.4 Å². The number of hydrogen-bond acceptors (Lipinski definition) is 4. The molecule has 2 aromatic carbocycles. The third-order valence-electron chi connectivity index (χ3n) is 4.67. The normalized spacial score (nSPS) is 12.3. The van der Waals surface area contributed by atoms with Crippen molar-refractivity contribution in [3.05, 3.63) is 70.7 Å². The third kappa shape index (κ3) is 7.92. The molecule has 1 unspecified atom stereocenters. The molecule has 8 N–H and O–H groups in total. The minimum Gasteiger partial charge on any atom is -0.370 e. The minimum atomic E-state index is -0.954. The highest BCUT2D eigenvalue weighted by Crippen LogP contribution is 2.15. The molecular weight excluding hydrogens is 432 g/mol. The van der Waals surface area contributed by atoms with Gasteiger partial charge in [-0.3, -0.25) is 19.8 Å². The Balaban J connectivity index is 2.11. The van der Waals surface area contributed by atoms with Crippen molar-refractivity contribution in [3.63, 3.8) is 0 Å². The fourth-order valence-electron chi connectivity index (χ4n) is 3.02. The topological polar surface area (TPSA) is 163 Å². The zero-order valence-corrected chi connectivity index (χ0v) is 18.2. The SMILES string of the molecule is N=C(N)NCCC[C@H](NC(=O)c1ccccc1Cl)C(=O)NC(Cc1ccccc1)C(N)=O. The van der Waals surface area contributed by atoms with Gasteiger partial charge < -0.3 is 27.4 Å². The molecule has 3 amide bonds. The second-order valence-electron chi connectivity index (χ2n) is 7.14. The number of halogens is 1. The molecule has 0 spiro atoms. The Bertz CT molecular complexity index is 954. The van der Waals surface area contributed by atoms with Crippen LogP contribution in [0.25, 0.3) is 0 Å². The van der Waals surface area contributed by atoms with Crippen molar-refractivity contribution < 1.29 is 14.4 Å². The van der Waals surface area contributed by atoms with Crippen LogP contribution in [0.1, 0.15) is 28.8 Å². The van der Waals surface area contributed by atoms with E-state index in [1.165, 1.54) is 0 Å². The first kappa shape index (κ1) is 24.7. The van der Waals surface area contributed by atoms with E-state index in [-0.39, 0.29) is 29.4 Å². The molecule has 0 aliphatic carbocycles. The van der Waals surface area contributed by atoms with Crippen molar-refractivity contribution >= 4 is 35.3 Å².